The Hall–Kier alpha value is -1.62. The molecule has 102 valence electrons. The van der Waals surface area contributed by atoms with Crippen LogP contribution >= 0.6 is 11.3 Å². The number of carbonyl (C=O) groups is 1. The van der Waals surface area contributed by atoms with E-state index in [4.69, 9.17) is 4.52 Å². The Morgan fingerprint density at radius 1 is 1.47 bits per heavy atom. The van der Waals surface area contributed by atoms with Gasteiger partial charge in [0.05, 0.1) is 12.2 Å². The van der Waals surface area contributed by atoms with Gasteiger partial charge in [-0.1, -0.05) is 19.0 Å². The van der Waals surface area contributed by atoms with Crippen LogP contribution in [0.15, 0.2) is 16.0 Å². The molecule has 19 heavy (non-hydrogen) atoms. The molecule has 0 aliphatic heterocycles. The van der Waals surface area contributed by atoms with Crippen molar-refractivity contribution in [1.29, 1.82) is 0 Å². The number of hydrogen-bond donors (Lipinski definition) is 1. The minimum Gasteiger partial charge on any atom is -0.360 e. The smallest absolute Gasteiger partial charge is 0.257 e. The van der Waals surface area contributed by atoms with Crippen molar-refractivity contribution in [1.82, 2.24) is 10.5 Å². The highest BCUT2D eigenvalue weighted by Gasteiger charge is 2.22. The molecule has 2 heterocycles. The number of carbonyl (C=O) groups excluding carboxylic acids is 1. The van der Waals surface area contributed by atoms with E-state index in [1.807, 2.05) is 26.2 Å². The highest BCUT2D eigenvalue weighted by Crippen LogP contribution is 2.22. The van der Waals surface area contributed by atoms with Crippen LogP contribution in [-0.4, -0.2) is 11.1 Å². The van der Waals surface area contributed by atoms with Crippen LogP contribution in [0.1, 0.15) is 52.0 Å². The maximum absolute atomic E-state index is 12.3. The molecule has 5 heteroatoms. The summed E-state index contributed by atoms with van der Waals surface area (Å²) < 4.78 is 5.23. The molecule has 0 unspecified atom stereocenters. The number of thiophene rings is 1. The number of hydrogen-bond acceptors (Lipinski definition) is 4. The number of nitrogens with one attached hydrogen (secondary N) is 1. The van der Waals surface area contributed by atoms with E-state index in [0.29, 0.717) is 23.6 Å². The molecule has 0 saturated carbocycles. The minimum atomic E-state index is -0.116. The lowest BCUT2D eigenvalue weighted by Crippen LogP contribution is -2.24. The van der Waals surface area contributed by atoms with Crippen molar-refractivity contribution in [2.45, 2.75) is 40.2 Å². The molecule has 0 aliphatic rings. The summed E-state index contributed by atoms with van der Waals surface area (Å²) in [5, 5.41) is 8.85. The van der Waals surface area contributed by atoms with E-state index in [1.165, 1.54) is 10.4 Å². The zero-order chi connectivity index (χ0) is 14.0. The van der Waals surface area contributed by atoms with Crippen LogP contribution in [0.4, 0.5) is 0 Å². The van der Waals surface area contributed by atoms with Crippen LogP contribution in [-0.2, 0) is 6.54 Å². The summed E-state index contributed by atoms with van der Waals surface area (Å²) in [6, 6.07) is 2.05. The first-order valence-corrected chi connectivity index (χ1v) is 7.16. The Kier molecular flexibility index (Phi) is 4.04. The normalized spacial score (nSPS) is 11.0. The molecule has 0 fully saturated rings. The molecular weight excluding hydrogens is 260 g/mol. The second-order valence-electron chi connectivity index (χ2n) is 4.87. The highest BCUT2D eigenvalue weighted by molar-refractivity contribution is 7.10. The van der Waals surface area contributed by atoms with Gasteiger partial charge in [0.2, 0.25) is 0 Å². The maximum Gasteiger partial charge on any atom is 0.257 e. The van der Waals surface area contributed by atoms with Crippen LogP contribution in [0.3, 0.4) is 0 Å². The van der Waals surface area contributed by atoms with E-state index < -0.39 is 0 Å². The number of rotatable bonds is 4. The van der Waals surface area contributed by atoms with E-state index in [2.05, 4.69) is 16.5 Å². The lowest BCUT2D eigenvalue weighted by atomic mass is 10.0. The number of aryl methyl sites for hydroxylation is 2. The Morgan fingerprint density at radius 3 is 2.79 bits per heavy atom. The van der Waals surface area contributed by atoms with Gasteiger partial charge in [0.25, 0.3) is 5.91 Å². The molecule has 2 aromatic rings. The summed E-state index contributed by atoms with van der Waals surface area (Å²) in [5.41, 5.74) is 2.42. The fraction of sp³-hybridized carbons (Fsp3) is 0.429. The second kappa shape index (κ2) is 5.57. The minimum absolute atomic E-state index is 0.116. The van der Waals surface area contributed by atoms with Crippen molar-refractivity contribution in [3.05, 3.63) is 38.9 Å². The van der Waals surface area contributed by atoms with E-state index in [-0.39, 0.29) is 11.8 Å². The zero-order valence-corrected chi connectivity index (χ0v) is 12.4. The molecule has 0 saturated heterocycles. The summed E-state index contributed by atoms with van der Waals surface area (Å²) in [6.45, 7) is 8.35. The summed E-state index contributed by atoms with van der Waals surface area (Å²) in [5.74, 6) is 0.679. The number of amides is 1. The standard InChI is InChI=1S/C14H18N2O2S/c1-8(2)13-12(10(4)16-18-13)14(17)15-7-11-9(3)5-6-19-11/h5-6,8H,7H2,1-4H3,(H,15,17). The SMILES string of the molecule is Cc1ccsc1CNC(=O)c1c(C)noc1C(C)C. The van der Waals surface area contributed by atoms with Gasteiger partial charge in [-0.25, -0.2) is 0 Å². The van der Waals surface area contributed by atoms with Crippen LogP contribution in [0.2, 0.25) is 0 Å². The van der Waals surface area contributed by atoms with Gasteiger partial charge in [0.15, 0.2) is 5.76 Å². The summed E-state index contributed by atoms with van der Waals surface area (Å²) in [7, 11) is 0. The predicted octanol–water partition coefficient (Wildman–Crippen LogP) is 3.41. The van der Waals surface area contributed by atoms with Crippen molar-refractivity contribution in [2.75, 3.05) is 0 Å². The van der Waals surface area contributed by atoms with Gasteiger partial charge in [0.1, 0.15) is 5.56 Å². The third-order valence-corrected chi connectivity index (χ3v) is 4.04. The topological polar surface area (TPSA) is 55.1 Å². The monoisotopic (exact) mass is 278 g/mol. The predicted molar refractivity (Wildman–Crippen MR) is 75.6 cm³/mol. The molecule has 1 N–H and O–H groups in total. The molecule has 2 aromatic heterocycles. The van der Waals surface area contributed by atoms with Crippen LogP contribution in [0.5, 0.6) is 0 Å². The van der Waals surface area contributed by atoms with E-state index >= 15 is 0 Å². The lowest BCUT2D eigenvalue weighted by Gasteiger charge is -2.06. The Labute approximate surface area is 116 Å². The van der Waals surface area contributed by atoms with E-state index in [0.717, 1.165) is 0 Å². The highest BCUT2D eigenvalue weighted by atomic mass is 32.1. The quantitative estimate of drug-likeness (QED) is 0.932. The van der Waals surface area contributed by atoms with Gasteiger partial charge >= 0.3 is 0 Å². The van der Waals surface area contributed by atoms with Crippen molar-refractivity contribution >= 4 is 17.2 Å². The number of aromatic nitrogens is 1. The molecule has 4 nitrogen and oxygen atoms in total. The Morgan fingerprint density at radius 2 is 2.21 bits per heavy atom. The van der Waals surface area contributed by atoms with Crippen molar-refractivity contribution in [2.24, 2.45) is 0 Å². The molecule has 0 aromatic carbocycles. The third kappa shape index (κ3) is 2.87. The molecular formula is C14H18N2O2S. The summed E-state index contributed by atoms with van der Waals surface area (Å²) in [4.78, 5) is 13.4. The first kappa shape index (κ1) is 13.8. The average Bonchev–Trinajstić information content (AvgIpc) is 2.92. The van der Waals surface area contributed by atoms with E-state index in [1.54, 1.807) is 18.3 Å². The average molecular weight is 278 g/mol. The van der Waals surface area contributed by atoms with Crippen molar-refractivity contribution < 1.29 is 9.32 Å². The van der Waals surface area contributed by atoms with Gasteiger partial charge < -0.3 is 9.84 Å². The summed E-state index contributed by atoms with van der Waals surface area (Å²) >= 11 is 1.65. The molecule has 0 bridgehead atoms. The third-order valence-electron chi connectivity index (χ3n) is 3.02. The lowest BCUT2D eigenvalue weighted by molar-refractivity contribution is 0.0948. The first-order chi connectivity index (χ1) is 9.00. The summed E-state index contributed by atoms with van der Waals surface area (Å²) in [6.07, 6.45) is 0. The van der Waals surface area contributed by atoms with Crippen molar-refractivity contribution in [3.63, 3.8) is 0 Å². The molecule has 0 aliphatic carbocycles. The van der Waals surface area contributed by atoms with Gasteiger partial charge in [-0.3, -0.25) is 4.79 Å². The largest absolute Gasteiger partial charge is 0.360 e. The molecule has 1 amide bonds. The second-order valence-corrected chi connectivity index (χ2v) is 5.87. The Balaban J connectivity index is 2.12. The van der Waals surface area contributed by atoms with Gasteiger partial charge in [-0.15, -0.1) is 11.3 Å². The van der Waals surface area contributed by atoms with Crippen LogP contribution in [0, 0.1) is 13.8 Å². The van der Waals surface area contributed by atoms with Gasteiger partial charge in [-0.05, 0) is 30.9 Å². The van der Waals surface area contributed by atoms with Crippen molar-refractivity contribution in [3.8, 4) is 0 Å². The fourth-order valence-electron chi connectivity index (χ4n) is 1.89. The molecule has 0 radical (unpaired) electrons. The Bertz CT molecular complexity index is 584. The van der Waals surface area contributed by atoms with E-state index in [9.17, 15) is 4.79 Å². The van der Waals surface area contributed by atoms with Crippen LogP contribution in [0.25, 0.3) is 0 Å². The zero-order valence-electron chi connectivity index (χ0n) is 11.6. The molecule has 2 rings (SSSR count). The molecule has 0 atom stereocenters. The van der Waals surface area contributed by atoms with Gasteiger partial charge in [-0.2, -0.15) is 0 Å². The maximum atomic E-state index is 12.3. The molecule has 0 spiro atoms. The van der Waals surface area contributed by atoms with Gasteiger partial charge in [0, 0.05) is 10.8 Å². The van der Waals surface area contributed by atoms with Crippen LogP contribution < -0.4 is 5.32 Å². The first-order valence-electron chi connectivity index (χ1n) is 6.28. The number of nitrogens with zero attached hydrogens (tertiary/aromatic N) is 1. The fourth-order valence-corrected chi connectivity index (χ4v) is 2.74.